The first kappa shape index (κ1) is 23.4. The van der Waals surface area contributed by atoms with Crippen LogP contribution in [0.25, 0.3) is 0 Å². The first-order valence-electron chi connectivity index (χ1n) is 11.4. The number of carbonyl (C=O) groups excluding carboxylic acids is 3. The number of anilines is 1. The monoisotopic (exact) mass is 462 g/mol. The Labute approximate surface area is 198 Å². The molecule has 9 heteroatoms. The van der Waals surface area contributed by atoms with Crippen molar-refractivity contribution in [1.29, 1.82) is 0 Å². The fraction of sp³-hybridized carbons (Fsp3) is 0.360. The average molecular weight is 463 g/mol. The zero-order chi connectivity index (χ0) is 24.3. The van der Waals surface area contributed by atoms with E-state index < -0.39 is 29.2 Å². The van der Waals surface area contributed by atoms with Gasteiger partial charge in [0.05, 0.1) is 17.5 Å². The van der Waals surface area contributed by atoms with Gasteiger partial charge in [-0.25, -0.2) is 4.90 Å². The summed E-state index contributed by atoms with van der Waals surface area (Å²) in [7, 11) is 0. The minimum atomic E-state index is -1.36. The smallest absolute Gasteiger partial charge is 0.240 e. The molecule has 178 valence electrons. The molecule has 0 saturated carbocycles. The lowest BCUT2D eigenvalue weighted by Crippen LogP contribution is -2.59. The Balaban J connectivity index is 1.67. The van der Waals surface area contributed by atoms with Gasteiger partial charge >= 0.3 is 0 Å². The quantitative estimate of drug-likeness (QED) is 0.186. The summed E-state index contributed by atoms with van der Waals surface area (Å²) >= 11 is 0. The van der Waals surface area contributed by atoms with Crippen molar-refractivity contribution in [2.45, 2.75) is 37.3 Å². The number of benzene rings is 2. The predicted octanol–water partition coefficient (Wildman–Crippen LogP) is 0.675. The Morgan fingerprint density at radius 1 is 0.971 bits per heavy atom. The molecule has 0 bridgehead atoms. The lowest BCUT2D eigenvalue weighted by Gasteiger charge is -2.32. The van der Waals surface area contributed by atoms with Crippen LogP contribution < -0.4 is 27.4 Å². The molecule has 3 amide bonds. The largest absolute Gasteiger partial charge is 0.370 e. The lowest BCUT2D eigenvalue weighted by atomic mass is 9.76. The highest BCUT2D eigenvalue weighted by Crippen LogP contribution is 2.47. The molecule has 2 saturated heterocycles. The summed E-state index contributed by atoms with van der Waals surface area (Å²) in [5.41, 5.74) is 17.0. The van der Waals surface area contributed by atoms with Crippen molar-refractivity contribution in [3.63, 3.8) is 0 Å². The first-order chi connectivity index (χ1) is 16.3. The Kier molecular flexibility index (Phi) is 6.65. The number of hydrogen-bond donors (Lipinski definition) is 4. The molecule has 4 rings (SSSR count). The fourth-order valence-electron chi connectivity index (χ4n) is 5.32. The van der Waals surface area contributed by atoms with Gasteiger partial charge in [0.2, 0.25) is 17.7 Å². The van der Waals surface area contributed by atoms with Gasteiger partial charge in [0, 0.05) is 12.6 Å². The Morgan fingerprint density at radius 2 is 1.62 bits per heavy atom. The van der Waals surface area contributed by atoms with Crippen LogP contribution in [0.2, 0.25) is 0 Å². The highest BCUT2D eigenvalue weighted by atomic mass is 16.2. The SMILES string of the molecule is NC(=O)C1(CCCN=C(N)N)NC(CCc2ccccc2)C2C(=O)N(c3ccccc3)C(=O)C21. The number of aliphatic imine (C=N–C) groups is 1. The van der Waals surface area contributed by atoms with Crippen LogP contribution >= 0.6 is 0 Å². The molecule has 4 atom stereocenters. The van der Waals surface area contributed by atoms with Gasteiger partial charge in [-0.3, -0.25) is 24.7 Å². The second kappa shape index (κ2) is 9.64. The molecule has 2 aliphatic heterocycles. The zero-order valence-corrected chi connectivity index (χ0v) is 18.9. The highest BCUT2D eigenvalue weighted by molar-refractivity contribution is 6.24. The van der Waals surface area contributed by atoms with Gasteiger partial charge in [0.25, 0.3) is 0 Å². The number of nitrogens with zero attached hydrogens (tertiary/aromatic N) is 2. The fourth-order valence-corrected chi connectivity index (χ4v) is 5.32. The Hall–Kier alpha value is -3.72. The van der Waals surface area contributed by atoms with Crippen LogP contribution in [-0.4, -0.2) is 41.8 Å². The van der Waals surface area contributed by atoms with Crippen LogP contribution in [0.15, 0.2) is 65.7 Å². The third-order valence-corrected chi connectivity index (χ3v) is 6.82. The number of guanidine groups is 1. The summed E-state index contributed by atoms with van der Waals surface area (Å²) in [6.07, 6.45) is 1.94. The van der Waals surface area contributed by atoms with Gasteiger partial charge in [0.1, 0.15) is 5.54 Å². The van der Waals surface area contributed by atoms with Crippen molar-refractivity contribution in [2.75, 3.05) is 11.4 Å². The third-order valence-electron chi connectivity index (χ3n) is 6.82. The molecule has 0 radical (unpaired) electrons. The van der Waals surface area contributed by atoms with Crippen molar-refractivity contribution in [1.82, 2.24) is 5.32 Å². The van der Waals surface area contributed by atoms with E-state index in [9.17, 15) is 14.4 Å². The average Bonchev–Trinajstić information content (AvgIpc) is 3.30. The number of imide groups is 1. The summed E-state index contributed by atoms with van der Waals surface area (Å²) in [4.78, 5) is 45.4. The molecule has 9 nitrogen and oxygen atoms in total. The molecule has 2 aliphatic rings. The maximum atomic E-state index is 13.7. The molecule has 34 heavy (non-hydrogen) atoms. The normalized spacial score (nSPS) is 25.9. The van der Waals surface area contributed by atoms with Gasteiger partial charge in [-0.2, -0.15) is 0 Å². The van der Waals surface area contributed by atoms with Crippen LogP contribution in [0.1, 0.15) is 24.8 Å². The number of primary amides is 1. The van der Waals surface area contributed by atoms with E-state index in [0.717, 1.165) is 5.56 Å². The van der Waals surface area contributed by atoms with Crippen LogP contribution in [0, 0.1) is 11.8 Å². The minimum absolute atomic E-state index is 0.0477. The molecule has 7 N–H and O–H groups in total. The molecule has 4 unspecified atom stereocenters. The van der Waals surface area contributed by atoms with E-state index in [1.165, 1.54) is 4.90 Å². The van der Waals surface area contributed by atoms with E-state index in [0.29, 0.717) is 24.9 Å². The van der Waals surface area contributed by atoms with Gasteiger partial charge in [-0.05, 0) is 43.4 Å². The number of amides is 3. The number of carbonyl (C=O) groups is 3. The third kappa shape index (κ3) is 4.26. The van der Waals surface area contributed by atoms with Crippen molar-refractivity contribution in [3.05, 3.63) is 66.2 Å². The van der Waals surface area contributed by atoms with Crippen LogP contribution in [0.3, 0.4) is 0 Å². The van der Waals surface area contributed by atoms with E-state index in [1.807, 2.05) is 36.4 Å². The van der Waals surface area contributed by atoms with E-state index in [4.69, 9.17) is 17.2 Å². The zero-order valence-electron chi connectivity index (χ0n) is 18.9. The molecule has 0 aliphatic carbocycles. The molecule has 2 heterocycles. The van der Waals surface area contributed by atoms with Gasteiger partial charge < -0.3 is 17.2 Å². The standard InChI is InChI=1S/C25H30N6O3/c26-23(34)25(14-7-15-29-24(27)28)20-19(18(30-25)13-12-16-8-3-1-4-9-16)21(32)31(22(20)33)17-10-5-2-6-11-17/h1-6,8-11,18-20,30H,7,12-15H2,(H2,26,34)(H4,27,28,29). The summed E-state index contributed by atoms with van der Waals surface area (Å²) < 4.78 is 0. The van der Waals surface area contributed by atoms with Gasteiger partial charge in [0.15, 0.2) is 5.96 Å². The first-order valence-corrected chi connectivity index (χ1v) is 11.4. The van der Waals surface area contributed by atoms with Crippen molar-refractivity contribution >= 4 is 29.4 Å². The molecular formula is C25H30N6O3. The van der Waals surface area contributed by atoms with Crippen LogP contribution in [-0.2, 0) is 20.8 Å². The molecule has 2 aromatic rings. The number of hydrogen-bond acceptors (Lipinski definition) is 5. The predicted molar refractivity (Wildman–Crippen MR) is 129 cm³/mol. The van der Waals surface area contributed by atoms with E-state index >= 15 is 0 Å². The number of para-hydroxylation sites is 1. The number of aryl methyl sites for hydroxylation is 1. The Morgan fingerprint density at radius 3 is 2.24 bits per heavy atom. The number of nitrogens with one attached hydrogen (secondary N) is 1. The van der Waals surface area contributed by atoms with Gasteiger partial charge in [-0.1, -0.05) is 48.5 Å². The Bertz CT molecular complexity index is 1090. The maximum absolute atomic E-state index is 13.7. The highest BCUT2D eigenvalue weighted by Gasteiger charge is 2.67. The van der Waals surface area contributed by atoms with Crippen LogP contribution in [0.5, 0.6) is 0 Å². The number of rotatable bonds is 9. The molecular weight excluding hydrogens is 432 g/mol. The molecule has 2 fully saturated rings. The maximum Gasteiger partial charge on any atom is 0.240 e. The molecule has 0 spiro atoms. The van der Waals surface area contributed by atoms with E-state index in [2.05, 4.69) is 10.3 Å². The van der Waals surface area contributed by atoms with E-state index in [1.54, 1.807) is 24.3 Å². The molecule has 0 aromatic heterocycles. The summed E-state index contributed by atoms with van der Waals surface area (Å²) in [6.45, 7) is 0.287. The van der Waals surface area contributed by atoms with E-state index in [-0.39, 0.29) is 30.9 Å². The second-order valence-electron chi connectivity index (χ2n) is 8.87. The lowest BCUT2D eigenvalue weighted by molar-refractivity contribution is -0.132. The summed E-state index contributed by atoms with van der Waals surface area (Å²) in [5, 5.41) is 3.34. The van der Waals surface area contributed by atoms with Crippen molar-refractivity contribution in [2.24, 2.45) is 34.0 Å². The summed E-state index contributed by atoms with van der Waals surface area (Å²) in [6, 6.07) is 18.3. The topological polar surface area (TPSA) is 157 Å². The van der Waals surface area contributed by atoms with Crippen LogP contribution in [0.4, 0.5) is 5.69 Å². The van der Waals surface area contributed by atoms with Crippen molar-refractivity contribution in [3.8, 4) is 0 Å². The minimum Gasteiger partial charge on any atom is -0.370 e. The van der Waals surface area contributed by atoms with Crippen molar-refractivity contribution < 1.29 is 14.4 Å². The number of nitrogens with two attached hydrogens (primary N) is 3. The van der Waals surface area contributed by atoms with Gasteiger partial charge in [-0.15, -0.1) is 0 Å². The second-order valence-corrected chi connectivity index (χ2v) is 8.87. The number of fused-ring (bicyclic) bond motifs is 1. The molecule has 2 aromatic carbocycles. The summed E-state index contributed by atoms with van der Waals surface area (Å²) in [5.74, 6) is -2.99.